The number of hydrogen-bond donors (Lipinski definition) is 0. The van der Waals surface area contributed by atoms with Crippen LogP contribution in [-0.4, -0.2) is 56.2 Å². The zero-order valence-electron chi connectivity index (χ0n) is 15.3. The molecule has 0 aliphatic carbocycles. The van der Waals surface area contributed by atoms with E-state index in [4.69, 9.17) is 0 Å². The molecule has 1 unspecified atom stereocenters. The fourth-order valence-electron chi connectivity index (χ4n) is 3.51. The Balaban J connectivity index is 1.36. The molecule has 1 amide bonds. The summed E-state index contributed by atoms with van der Waals surface area (Å²) in [4.78, 5) is 21.1. The molecule has 4 rings (SSSR count). The Labute approximate surface area is 158 Å². The van der Waals surface area contributed by atoms with E-state index in [1.54, 1.807) is 12.7 Å². The number of amides is 1. The molecule has 1 aliphatic heterocycles. The molecule has 138 valence electrons. The molecule has 3 aromatic rings. The largest absolute Gasteiger partial charge is 0.365 e. The summed E-state index contributed by atoms with van der Waals surface area (Å²) in [5, 5.41) is 7.62. The molecule has 1 aliphatic rings. The van der Waals surface area contributed by atoms with Gasteiger partial charge in [0.25, 0.3) is 0 Å². The molecule has 0 saturated carbocycles. The van der Waals surface area contributed by atoms with Crippen LogP contribution in [-0.2, 0) is 11.2 Å². The number of anilines is 1. The van der Waals surface area contributed by atoms with Crippen LogP contribution in [0.4, 0.5) is 5.69 Å². The number of hydrogen-bond acceptors (Lipinski definition) is 5. The lowest BCUT2D eigenvalue weighted by Gasteiger charge is -2.41. The maximum atomic E-state index is 12.7. The van der Waals surface area contributed by atoms with Gasteiger partial charge in [-0.1, -0.05) is 12.1 Å². The van der Waals surface area contributed by atoms with Crippen LogP contribution in [0.1, 0.15) is 12.5 Å². The zero-order chi connectivity index (χ0) is 18.6. The minimum absolute atomic E-state index is 0.174. The van der Waals surface area contributed by atoms with Gasteiger partial charge in [-0.15, -0.1) is 10.2 Å². The Morgan fingerprint density at radius 1 is 1.00 bits per heavy atom. The summed E-state index contributed by atoms with van der Waals surface area (Å²) in [6.07, 6.45) is 7.35. The monoisotopic (exact) mass is 362 g/mol. The molecule has 1 aromatic carbocycles. The first-order valence-corrected chi connectivity index (χ1v) is 9.09. The molecule has 7 nitrogen and oxygen atoms in total. The molecule has 0 bridgehead atoms. The molecule has 3 heterocycles. The van der Waals surface area contributed by atoms with Gasteiger partial charge in [-0.2, -0.15) is 0 Å². The Bertz CT molecular complexity index is 879. The van der Waals surface area contributed by atoms with Gasteiger partial charge in [0.15, 0.2) is 0 Å². The summed E-state index contributed by atoms with van der Waals surface area (Å²) in [7, 11) is 0. The number of carbonyl (C=O) groups is 1. The lowest BCUT2D eigenvalue weighted by Crippen LogP contribution is -2.54. The molecule has 2 aromatic heterocycles. The summed E-state index contributed by atoms with van der Waals surface area (Å²) in [6.45, 7) is 4.47. The van der Waals surface area contributed by atoms with Crippen LogP contribution in [0.3, 0.4) is 0 Å². The van der Waals surface area contributed by atoms with Crippen molar-refractivity contribution in [3.8, 4) is 5.69 Å². The van der Waals surface area contributed by atoms with Crippen LogP contribution in [0.5, 0.6) is 0 Å². The number of piperazine rings is 1. The van der Waals surface area contributed by atoms with E-state index < -0.39 is 0 Å². The van der Waals surface area contributed by atoms with Crippen LogP contribution >= 0.6 is 0 Å². The van der Waals surface area contributed by atoms with E-state index in [9.17, 15) is 4.79 Å². The molecule has 1 saturated heterocycles. The molecule has 1 fully saturated rings. The molecule has 0 radical (unpaired) electrons. The van der Waals surface area contributed by atoms with Gasteiger partial charge in [0.05, 0.1) is 6.42 Å². The number of aromatic nitrogens is 4. The van der Waals surface area contributed by atoms with Crippen LogP contribution in [0, 0.1) is 0 Å². The second-order valence-electron chi connectivity index (χ2n) is 6.80. The Kier molecular flexibility index (Phi) is 4.82. The maximum absolute atomic E-state index is 12.7. The summed E-state index contributed by atoms with van der Waals surface area (Å²) in [6, 6.07) is 12.3. The van der Waals surface area contributed by atoms with Gasteiger partial charge in [-0.25, -0.2) is 0 Å². The van der Waals surface area contributed by atoms with E-state index in [0.717, 1.165) is 36.6 Å². The molecule has 27 heavy (non-hydrogen) atoms. The van der Waals surface area contributed by atoms with E-state index in [-0.39, 0.29) is 11.9 Å². The normalized spacial score (nSPS) is 17.1. The number of rotatable bonds is 4. The molecular weight excluding hydrogens is 340 g/mol. The Morgan fingerprint density at radius 3 is 2.37 bits per heavy atom. The quantitative estimate of drug-likeness (QED) is 0.710. The summed E-state index contributed by atoms with van der Waals surface area (Å²) in [5.41, 5.74) is 3.16. The van der Waals surface area contributed by atoms with Gasteiger partial charge < -0.3 is 9.80 Å². The first kappa shape index (κ1) is 17.2. The van der Waals surface area contributed by atoms with E-state index >= 15 is 0 Å². The number of carbonyl (C=O) groups excluding carboxylic acids is 1. The van der Waals surface area contributed by atoms with Crippen molar-refractivity contribution in [3.05, 3.63) is 67.0 Å². The highest BCUT2D eigenvalue weighted by molar-refractivity contribution is 5.79. The van der Waals surface area contributed by atoms with Gasteiger partial charge in [0.2, 0.25) is 5.91 Å². The van der Waals surface area contributed by atoms with Crippen molar-refractivity contribution < 1.29 is 4.79 Å². The summed E-state index contributed by atoms with van der Waals surface area (Å²) in [5.74, 6) is 0.174. The number of benzene rings is 1. The molecule has 1 atom stereocenters. The van der Waals surface area contributed by atoms with Gasteiger partial charge in [0, 0.05) is 49.4 Å². The summed E-state index contributed by atoms with van der Waals surface area (Å²) < 4.78 is 1.84. The van der Waals surface area contributed by atoms with Crippen molar-refractivity contribution in [3.63, 3.8) is 0 Å². The highest BCUT2D eigenvalue weighted by atomic mass is 16.2. The van der Waals surface area contributed by atoms with Gasteiger partial charge in [-0.05, 0) is 36.8 Å². The average Bonchev–Trinajstić information content (AvgIpc) is 3.24. The first-order valence-electron chi connectivity index (χ1n) is 9.09. The fraction of sp³-hybridized carbons (Fsp3) is 0.300. The topological polar surface area (TPSA) is 67.2 Å². The highest BCUT2D eigenvalue weighted by Gasteiger charge is 2.26. The average molecular weight is 362 g/mol. The minimum Gasteiger partial charge on any atom is -0.365 e. The second kappa shape index (κ2) is 7.57. The minimum atomic E-state index is 0.174. The van der Waals surface area contributed by atoms with Crippen LogP contribution < -0.4 is 4.90 Å². The molecular formula is C20H22N6O. The van der Waals surface area contributed by atoms with Crippen molar-refractivity contribution in [2.24, 2.45) is 0 Å². The van der Waals surface area contributed by atoms with E-state index in [1.165, 1.54) is 0 Å². The van der Waals surface area contributed by atoms with Crippen molar-refractivity contribution >= 4 is 11.6 Å². The molecule has 7 heteroatoms. The van der Waals surface area contributed by atoms with Gasteiger partial charge in [0.1, 0.15) is 12.7 Å². The van der Waals surface area contributed by atoms with E-state index in [1.807, 2.05) is 58.3 Å². The lowest BCUT2D eigenvalue weighted by molar-refractivity contribution is -0.131. The van der Waals surface area contributed by atoms with Crippen LogP contribution in [0.2, 0.25) is 0 Å². The third kappa shape index (κ3) is 3.81. The lowest BCUT2D eigenvalue weighted by atomic mass is 10.1. The van der Waals surface area contributed by atoms with E-state index in [2.05, 4.69) is 27.0 Å². The standard InChI is InChI=1S/C20H22N6O/c1-16-13-24(10-11-26(16)19-6-8-21-9-7-19)20(27)12-17-2-4-18(5-3-17)25-14-22-23-15-25/h2-9,14-16H,10-13H2,1H3. The second-order valence-corrected chi connectivity index (χ2v) is 6.80. The smallest absolute Gasteiger partial charge is 0.227 e. The Morgan fingerprint density at radius 2 is 1.70 bits per heavy atom. The number of nitrogens with zero attached hydrogens (tertiary/aromatic N) is 6. The maximum Gasteiger partial charge on any atom is 0.227 e. The van der Waals surface area contributed by atoms with Crippen LogP contribution in [0.15, 0.2) is 61.4 Å². The third-order valence-corrected chi connectivity index (χ3v) is 4.98. The highest BCUT2D eigenvalue weighted by Crippen LogP contribution is 2.20. The summed E-state index contributed by atoms with van der Waals surface area (Å²) >= 11 is 0. The predicted octanol–water partition coefficient (Wildman–Crippen LogP) is 1.94. The molecule has 0 spiro atoms. The van der Waals surface area contributed by atoms with Crippen LogP contribution in [0.25, 0.3) is 5.69 Å². The third-order valence-electron chi connectivity index (χ3n) is 4.98. The number of pyridine rings is 1. The van der Waals surface area contributed by atoms with E-state index in [0.29, 0.717) is 6.42 Å². The van der Waals surface area contributed by atoms with Gasteiger partial charge >= 0.3 is 0 Å². The fourth-order valence-corrected chi connectivity index (χ4v) is 3.51. The zero-order valence-corrected chi connectivity index (χ0v) is 15.3. The SMILES string of the molecule is CC1CN(C(=O)Cc2ccc(-n3cnnc3)cc2)CCN1c1ccncc1. The molecule has 0 N–H and O–H groups in total. The first-order chi connectivity index (χ1) is 13.2. The van der Waals surface area contributed by atoms with Crippen molar-refractivity contribution in [1.29, 1.82) is 0 Å². The van der Waals surface area contributed by atoms with Gasteiger partial charge in [-0.3, -0.25) is 14.3 Å². The predicted molar refractivity (Wildman–Crippen MR) is 103 cm³/mol. The Hall–Kier alpha value is -3.22. The van der Waals surface area contributed by atoms with Crippen molar-refractivity contribution in [1.82, 2.24) is 24.6 Å². The van der Waals surface area contributed by atoms with Crippen molar-refractivity contribution in [2.45, 2.75) is 19.4 Å². The van der Waals surface area contributed by atoms with Crippen molar-refractivity contribution in [2.75, 3.05) is 24.5 Å².